The lowest BCUT2D eigenvalue weighted by molar-refractivity contribution is -0.116. The Bertz CT molecular complexity index is 1210. The van der Waals surface area contributed by atoms with E-state index in [-0.39, 0.29) is 6.61 Å². The number of ether oxygens (including phenoxy) is 1. The van der Waals surface area contributed by atoms with Crippen LogP contribution < -0.4 is 5.32 Å². The van der Waals surface area contributed by atoms with Crippen molar-refractivity contribution in [1.82, 2.24) is 4.90 Å². The highest BCUT2D eigenvalue weighted by atomic mass is 32.1. The van der Waals surface area contributed by atoms with Crippen LogP contribution in [0, 0.1) is 13.8 Å². The van der Waals surface area contributed by atoms with E-state index in [1.165, 1.54) is 11.3 Å². The Labute approximate surface area is 182 Å². The van der Waals surface area contributed by atoms with Gasteiger partial charge in [-0.1, -0.05) is 24.3 Å². The molecule has 0 atom stereocenters. The van der Waals surface area contributed by atoms with Crippen LogP contribution in [-0.2, 0) is 9.53 Å². The number of nitrogens with one attached hydrogen (secondary N) is 1. The van der Waals surface area contributed by atoms with Crippen molar-refractivity contribution in [2.24, 2.45) is 0 Å². The predicted octanol–water partition coefficient (Wildman–Crippen LogP) is 3.93. The first-order valence-electron chi connectivity index (χ1n) is 9.78. The molecule has 8 heteroatoms. The van der Waals surface area contributed by atoms with E-state index in [1.807, 2.05) is 19.1 Å². The minimum atomic E-state index is -0.569. The molecule has 0 saturated carbocycles. The summed E-state index contributed by atoms with van der Waals surface area (Å²) < 4.78 is 5.10. The molecular weight excluding hydrogens is 416 g/mol. The lowest BCUT2D eigenvalue weighted by atomic mass is 9.94. The molecule has 1 aliphatic heterocycles. The molecule has 1 aromatic heterocycles. The first kappa shape index (κ1) is 20.7. The molecule has 0 aliphatic carbocycles. The minimum Gasteiger partial charge on any atom is -0.462 e. The highest BCUT2D eigenvalue weighted by molar-refractivity contribution is 7.16. The van der Waals surface area contributed by atoms with Gasteiger partial charge in [-0.25, -0.2) is 4.79 Å². The van der Waals surface area contributed by atoms with Crippen molar-refractivity contribution in [3.63, 3.8) is 0 Å². The van der Waals surface area contributed by atoms with Gasteiger partial charge in [-0.2, -0.15) is 0 Å². The van der Waals surface area contributed by atoms with Crippen molar-refractivity contribution in [2.75, 3.05) is 18.5 Å². The number of aryl methyl sites for hydroxylation is 1. The summed E-state index contributed by atoms with van der Waals surface area (Å²) in [6.07, 6.45) is 0. The number of carbonyl (C=O) groups excluding carboxylic acids is 4. The molecule has 158 valence electrons. The molecule has 2 aromatic carbocycles. The van der Waals surface area contributed by atoms with E-state index in [0.717, 1.165) is 20.7 Å². The molecule has 0 saturated heterocycles. The second-order valence-electron chi connectivity index (χ2n) is 7.16. The van der Waals surface area contributed by atoms with Crippen molar-refractivity contribution in [3.8, 4) is 0 Å². The zero-order valence-electron chi connectivity index (χ0n) is 17.3. The van der Waals surface area contributed by atoms with Gasteiger partial charge in [-0.05, 0) is 43.9 Å². The summed E-state index contributed by atoms with van der Waals surface area (Å²) in [6.45, 7) is 5.08. The van der Waals surface area contributed by atoms with Gasteiger partial charge < -0.3 is 10.1 Å². The van der Waals surface area contributed by atoms with E-state index in [9.17, 15) is 19.2 Å². The van der Waals surface area contributed by atoms with Gasteiger partial charge in [0, 0.05) is 21.4 Å². The highest BCUT2D eigenvalue weighted by Gasteiger charge is 2.34. The van der Waals surface area contributed by atoms with Crippen LogP contribution >= 0.6 is 11.3 Å². The second-order valence-corrected chi connectivity index (χ2v) is 8.39. The van der Waals surface area contributed by atoms with Crippen molar-refractivity contribution in [1.29, 1.82) is 0 Å². The molecule has 31 heavy (non-hydrogen) atoms. The number of anilines is 1. The van der Waals surface area contributed by atoms with Crippen molar-refractivity contribution in [2.45, 2.75) is 20.8 Å². The number of esters is 1. The average molecular weight is 436 g/mol. The molecule has 0 radical (unpaired) electrons. The summed E-state index contributed by atoms with van der Waals surface area (Å²) in [6, 6.07) is 10.5. The Morgan fingerprint density at radius 2 is 1.65 bits per heavy atom. The standard InChI is InChI=1S/C23H20N2O5S/c1-4-30-23(29)18-12(2)13(3)31-20(18)24-17(26)11-25-21(27)15-9-5-7-14-8-6-10-16(19(14)15)22(25)28/h5-10H,4,11H2,1-3H3,(H,24,26). The Balaban J connectivity index is 1.61. The second kappa shape index (κ2) is 7.96. The summed E-state index contributed by atoms with van der Waals surface area (Å²) in [5.74, 6) is -2.13. The third-order valence-electron chi connectivity index (χ3n) is 5.28. The monoisotopic (exact) mass is 436 g/mol. The number of thiophene rings is 1. The zero-order chi connectivity index (χ0) is 22.3. The number of hydrogen-bond acceptors (Lipinski definition) is 6. The first-order chi connectivity index (χ1) is 14.8. The third kappa shape index (κ3) is 3.48. The van der Waals surface area contributed by atoms with Crippen LogP contribution in [0.1, 0.15) is 48.4 Å². The summed E-state index contributed by atoms with van der Waals surface area (Å²) in [5, 5.41) is 4.42. The fraction of sp³-hybridized carbons (Fsp3) is 0.217. The van der Waals surface area contributed by atoms with Gasteiger partial charge in [0.2, 0.25) is 5.91 Å². The third-order valence-corrected chi connectivity index (χ3v) is 6.40. The maximum absolute atomic E-state index is 13.0. The van der Waals surface area contributed by atoms with Gasteiger partial charge in [-0.15, -0.1) is 11.3 Å². The topological polar surface area (TPSA) is 92.8 Å². The van der Waals surface area contributed by atoms with E-state index < -0.39 is 30.2 Å². The van der Waals surface area contributed by atoms with Gasteiger partial charge in [0.05, 0.1) is 12.2 Å². The van der Waals surface area contributed by atoms with Crippen molar-refractivity contribution in [3.05, 3.63) is 63.5 Å². The normalized spacial score (nSPS) is 12.9. The smallest absolute Gasteiger partial charge is 0.341 e. The number of nitrogens with zero attached hydrogens (tertiary/aromatic N) is 1. The van der Waals surface area contributed by atoms with E-state index in [0.29, 0.717) is 27.1 Å². The lowest BCUT2D eigenvalue weighted by Gasteiger charge is -2.26. The fourth-order valence-corrected chi connectivity index (χ4v) is 4.76. The number of rotatable bonds is 5. The number of imide groups is 1. The molecule has 3 amide bonds. The van der Waals surface area contributed by atoms with Gasteiger partial charge in [0.25, 0.3) is 11.8 Å². The number of amides is 3. The largest absolute Gasteiger partial charge is 0.462 e. The number of hydrogen-bond donors (Lipinski definition) is 1. The van der Waals surface area contributed by atoms with Crippen LogP contribution in [-0.4, -0.2) is 41.7 Å². The zero-order valence-corrected chi connectivity index (χ0v) is 18.1. The fourth-order valence-electron chi connectivity index (χ4n) is 3.70. The molecule has 0 spiro atoms. The van der Waals surface area contributed by atoms with Crippen molar-refractivity contribution >= 4 is 50.8 Å². The predicted molar refractivity (Wildman–Crippen MR) is 118 cm³/mol. The summed E-state index contributed by atoms with van der Waals surface area (Å²) >= 11 is 1.25. The highest BCUT2D eigenvalue weighted by Crippen LogP contribution is 2.33. The maximum atomic E-state index is 13.0. The Morgan fingerprint density at radius 3 is 2.23 bits per heavy atom. The summed E-state index contributed by atoms with van der Waals surface area (Å²) in [4.78, 5) is 52.9. The van der Waals surface area contributed by atoms with Gasteiger partial charge in [0.15, 0.2) is 0 Å². The van der Waals surface area contributed by atoms with Crippen LogP contribution in [0.15, 0.2) is 36.4 Å². The summed E-state index contributed by atoms with van der Waals surface area (Å²) in [7, 11) is 0. The average Bonchev–Trinajstić information content (AvgIpc) is 3.02. The SMILES string of the molecule is CCOC(=O)c1c(NC(=O)CN2C(=O)c3cccc4cccc(c34)C2=O)sc(C)c1C. The maximum Gasteiger partial charge on any atom is 0.341 e. The molecular formula is C23H20N2O5S. The van der Waals surface area contributed by atoms with E-state index in [4.69, 9.17) is 4.74 Å². The van der Waals surface area contributed by atoms with Crippen LogP contribution in [0.5, 0.6) is 0 Å². The van der Waals surface area contributed by atoms with E-state index >= 15 is 0 Å². The minimum absolute atomic E-state index is 0.211. The van der Waals surface area contributed by atoms with Crippen LogP contribution in [0.2, 0.25) is 0 Å². The van der Waals surface area contributed by atoms with Gasteiger partial charge in [0.1, 0.15) is 11.5 Å². The lowest BCUT2D eigenvalue weighted by Crippen LogP contribution is -2.44. The molecule has 7 nitrogen and oxygen atoms in total. The summed E-state index contributed by atoms with van der Waals surface area (Å²) in [5.41, 5.74) is 1.79. The van der Waals surface area contributed by atoms with Gasteiger partial charge in [-0.3, -0.25) is 19.3 Å². The first-order valence-corrected chi connectivity index (χ1v) is 10.6. The quantitative estimate of drug-likeness (QED) is 0.483. The number of benzene rings is 2. The van der Waals surface area contributed by atoms with Crippen LogP contribution in [0.25, 0.3) is 10.8 Å². The molecule has 3 aromatic rings. The van der Waals surface area contributed by atoms with Crippen LogP contribution in [0.4, 0.5) is 5.00 Å². The molecule has 1 N–H and O–H groups in total. The number of carbonyl (C=O) groups is 4. The Kier molecular flexibility index (Phi) is 5.32. The van der Waals surface area contributed by atoms with E-state index in [2.05, 4.69) is 5.32 Å². The molecule has 4 rings (SSSR count). The Morgan fingerprint density at radius 1 is 1.03 bits per heavy atom. The molecule has 2 heterocycles. The van der Waals surface area contributed by atoms with E-state index in [1.54, 1.807) is 38.1 Å². The molecule has 1 aliphatic rings. The van der Waals surface area contributed by atoms with Gasteiger partial charge >= 0.3 is 5.97 Å². The molecule has 0 bridgehead atoms. The van der Waals surface area contributed by atoms with Crippen LogP contribution in [0.3, 0.4) is 0 Å². The molecule has 0 fully saturated rings. The molecule has 0 unspecified atom stereocenters. The Hall–Kier alpha value is -3.52. The van der Waals surface area contributed by atoms with Crippen molar-refractivity contribution < 1.29 is 23.9 Å².